The fraction of sp³-hybridized carbons (Fsp3) is 0.500. The summed E-state index contributed by atoms with van der Waals surface area (Å²) in [6, 6.07) is 8.74. The number of fused-ring (bicyclic) bond motifs is 2. The number of nitrogens with zero attached hydrogens (tertiary/aromatic N) is 2. The van der Waals surface area contributed by atoms with E-state index in [1.807, 2.05) is 24.8 Å². The summed E-state index contributed by atoms with van der Waals surface area (Å²) in [5.74, 6) is 0.349. The summed E-state index contributed by atoms with van der Waals surface area (Å²) in [6.45, 7) is 5.92. The number of halogens is 3. The van der Waals surface area contributed by atoms with E-state index in [-0.39, 0.29) is 41.8 Å². The van der Waals surface area contributed by atoms with Crippen LogP contribution < -0.4 is 5.32 Å². The van der Waals surface area contributed by atoms with Gasteiger partial charge in [-0.2, -0.15) is 13.2 Å². The first-order valence-electron chi connectivity index (χ1n) is 13.7. The van der Waals surface area contributed by atoms with Crippen LogP contribution in [0.5, 0.6) is 0 Å². The van der Waals surface area contributed by atoms with Gasteiger partial charge in [-0.3, -0.25) is 9.78 Å². The van der Waals surface area contributed by atoms with Crippen molar-refractivity contribution in [1.82, 2.24) is 15.2 Å². The number of benzene rings is 1. The molecule has 2 amide bonds. The lowest BCUT2D eigenvalue weighted by molar-refractivity contribution is -0.144. The molecule has 0 spiro atoms. The van der Waals surface area contributed by atoms with Crippen molar-refractivity contribution in [3.8, 4) is 11.1 Å². The van der Waals surface area contributed by atoms with E-state index in [1.165, 1.54) is 6.07 Å². The standard InChI is InChI=1S/C30H34F3N3O3/c1-3-12-34-29(38)36-13-11-24-21(17-36)15-26-27(18(2)39-28(26)37)25(24)10-9-23-8-7-20(16-35-23)19-5-4-6-22(14-19)30(31,32)33/h4-10,14,16,18,21,24-27H,3,11-13,15,17H2,1-2H3,(H,34,38)/b10-9+. The van der Waals surface area contributed by atoms with Gasteiger partial charge in [-0.1, -0.05) is 31.2 Å². The maximum absolute atomic E-state index is 13.1. The maximum atomic E-state index is 13.1. The molecular formula is C30H34F3N3O3. The van der Waals surface area contributed by atoms with Crippen molar-refractivity contribution in [3.05, 3.63) is 59.9 Å². The molecule has 2 aliphatic heterocycles. The number of piperidine rings is 1. The largest absolute Gasteiger partial charge is 0.462 e. The number of carbonyl (C=O) groups excluding carboxylic acids is 2. The molecule has 3 aliphatic rings. The summed E-state index contributed by atoms with van der Waals surface area (Å²) in [5, 5.41) is 2.96. The fourth-order valence-electron chi connectivity index (χ4n) is 6.64. The number of cyclic esters (lactones) is 1. The number of esters is 1. The van der Waals surface area contributed by atoms with Gasteiger partial charge in [0, 0.05) is 37.3 Å². The molecule has 6 nitrogen and oxygen atoms in total. The van der Waals surface area contributed by atoms with Crippen molar-refractivity contribution in [3.63, 3.8) is 0 Å². The van der Waals surface area contributed by atoms with Gasteiger partial charge in [0.15, 0.2) is 0 Å². The number of carbonyl (C=O) groups is 2. The summed E-state index contributed by atoms with van der Waals surface area (Å²) >= 11 is 0. The molecule has 1 aliphatic carbocycles. The number of ether oxygens (including phenoxy) is 1. The normalized spacial score (nSPS) is 28.6. The van der Waals surface area contributed by atoms with Gasteiger partial charge in [0.2, 0.25) is 0 Å². The van der Waals surface area contributed by atoms with E-state index in [0.717, 1.165) is 31.4 Å². The van der Waals surface area contributed by atoms with E-state index in [0.29, 0.717) is 42.4 Å². The number of allylic oxidation sites excluding steroid dienone is 1. The third-order valence-electron chi connectivity index (χ3n) is 8.51. The molecule has 6 unspecified atom stereocenters. The number of hydrogen-bond donors (Lipinski definition) is 1. The van der Waals surface area contributed by atoms with Gasteiger partial charge >= 0.3 is 18.2 Å². The van der Waals surface area contributed by atoms with E-state index in [2.05, 4.69) is 16.4 Å². The van der Waals surface area contributed by atoms with E-state index >= 15 is 0 Å². The van der Waals surface area contributed by atoms with Crippen molar-refractivity contribution >= 4 is 18.1 Å². The molecule has 2 saturated heterocycles. The Morgan fingerprint density at radius 1 is 1.23 bits per heavy atom. The molecule has 208 valence electrons. The molecule has 1 saturated carbocycles. The Morgan fingerprint density at radius 3 is 2.77 bits per heavy atom. The number of nitrogens with one attached hydrogen (secondary N) is 1. The maximum Gasteiger partial charge on any atom is 0.416 e. The first-order valence-corrected chi connectivity index (χ1v) is 13.7. The van der Waals surface area contributed by atoms with E-state index in [4.69, 9.17) is 4.74 Å². The highest BCUT2D eigenvalue weighted by molar-refractivity contribution is 5.76. The van der Waals surface area contributed by atoms with Crippen molar-refractivity contribution in [1.29, 1.82) is 0 Å². The highest BCUT2D eigenvalue weighted by Gasteiger charge is 2.54. The van der Waals surface area contributed by atoms with Crippen molar-refractivity contribution in [2.75, 3.05) is 19.6 Å². The first-order chi connectivity index (χ1) is 18.7. The highest BCUT2D eigenvalue weighted by atomic mass is 19.4. The average Bonchev–Trinajstić information content (AvgIpc) is 3.21. The van der Waals surface area contributed by atoms with Crippen molar-refractivity contribution < 1.29 is 27.5 Å². The second kappa shape index (κ2) is 11.0. The van der Waals surface area contributed by atoms with Gasteiger partial charge in [-0.25, -0.2) is 4.79 Å². The Labute approximate surface area is 226 Å². The molecular weight excluding hydrogens is 507 g/mol. The Morgan fingerprint density at radius 2 is 2.05 bits per heavy atom. The number of rotatable bonds is 5. The summed E-state index contributed by atoms with van der Waals surface area (Å²) < 4.78 is 45.0. The van der Waals surface area contributed by atoms with Gasteiger partial charge in [0.1, 0.15) is 6.10 Å². The molecule has 3 heterocycles. The number of alkyl halides is 3. The molecule has 0 radical (unpaired) electrons. The lowest BCUT2D eigenvalue weighted by atomic mass is 9.59. The van der Waals surface area contributed by atoms with E-state index in [9.17, 15) is 22.8 Å². The lowest BCUT2D eigenvalue weighted by Gasteiger charge is -2.48. The van der Waals surface area contributed by atoms with Crippen LogP contribution in [0.15, 0.2) is 48.7 Å². The molecule has 3 fully saturated rings. The van der Waals surface area contributed by atoms with Crippen LogP contribution in [0.4, 0.5) is 18.0 Å². The third-order valence-corrected chi connectivity index (χ3v) is 8.51. The van der Waals surface area contributed by atoms with Crippen molar-refractivity contribution in [2.45, 2.75) is 45.4 Å². The summed E-state index contributed by atoms with van der Waals surface area (Å²) in [7, 11) is 0. The second-order valence-corrected chi connectivity index (χ2v) is 10.9. The number of urea groups is 1. The van der Waals surface area contributed by atoms with Crippen LogP contribution in [0.3, 0.4) is 0 Å². The van der Waals surface area contributed by atoms with Crippen LogP contribution >= 0.6 is 0 Å². The monoisotopic (exact) mass is 541 g/mol. The van der Waals surface area contributed by atoms with Gasteiger partial charge < -0.3 is 15.0 Å². The van der Waals surface area contributed by atoms with Crippen LogP contribution in [0.2, 0.25) is 0 Å². The number of pyridine rings is 1. The Kier molecular flexibility index (Phi) is 7.69. The fourth-order valence-corrected chi connectivity index (χ4v) is 6.64. The second-order valence-electron chi connectivity index (χ2n) is 10.9. The minimum atomic E-state index is -4.40. The molecule has 5 rings (SSSR count). The van der Waals surface area contributed by atoms with Crippen molar-refractivity contribution in [2.24, 2.45) is 29.6 Å². The Hall–Kier alpha value is -3.36. The zero-order valence-electron chi connectivity index (χ0n) is 22.2. The SMILES string of the molecule is CCCNC(=O)N1CCC2C(CC3C(=O)OC(C)C3C2/C=C/c2ccc(-c3cccc(C(F)(F)F)c3)cn2)C1. The topological polar surface area (TPSA) is 71.5 Å². The highest BCUT2D eigenvalue weighted by Crippen LogP contribution is 2.51. The summed E-state index contributed by atoms with van der Waals surface area (Å²) in [4.78, 5) is 31.7. The number of aromatic nitrogens is 1. The Balaban J connectivity index is 1.34. The molecule has 0 bridgehead atoms. The third kappa shape index (κ3) is 5.68. The molecule has 39 heavy (non-hydrogen) atoms. The minimum absolute atomic E-state index is 0.0445. The number of likely N-dealkylation sites (tertiary alicyclic amines) is 1. The summed E-state index contributed by atoms with van der Waals surface area (Å²) in [5.41, 5.74) is 1.06. The molecule has 2 aromatic rings. The van der Waals surface area contributed by atoms with E-state index in [1.54, 1.807) is 24.4 Å². The minimum Gasteiger partial charge on any atom is -0.462 e. The van der Waals surface area contributed by atoms with Gasteiger partial charge in [-0.15, -0.1) is 0 Å². The van der Waals surface area contributed by atoms with Crippen LogP contribution in [0.25, 0.3) is 17.2 Å². The first kappa shape index (κ1) is 27.2. The molecule has 9 heteroatoms. The molecule has 1 aromatic carbocycles. The van der Waals surface area contributed by atoms with Crippen LogP contribution in [0.1, 0.15) is 44.4 Å². The number of hydrogen-bond acceptors (Lipinski definition) is 4. The zero-order valence-corrected chi connectivity index (χ0v) is 22.2. The smallest absolute Gasteiger partial charge is 0.416 e. The zero-order chi connectivity index (χ0) is 27.7. The van der Waals surface area contributed by atoms with Crippen LogP contribution in [-0.4, -0.2) is 47.6 Å². The van der Waals surface area contributed by atoms with Gasteiger partial charge in [0.25, 0.3) is 0 Å². The number of amides is 2. The molecule has 1 aromatic heterocycles. The van der Waals surface area contributed by atoms with Crippen LogP contribution in [-0.2, 0) is 15.7 Å². The average molecular weight is 542 g/mol. The quantitative estimate of drug-likeness (QED) is 0.469. The van der Waals surface area contributed by atoms with Gasteiger partial charge in [-0.05, 0) is 73.8 Å². The van der Waals surface area contributed by atoms with Crippen LogP contribution in [0, 0.1) is 29.6 Å². The van der Waals surface area contributed by atoms with E-state index < -0.39 is 11.7 Å². The van der Waals surface area contributed by atoms with Gasteiger partial charge in [0.05, 0.1) is 17.2 Å². The lowest BCUT2D eigenvalue weighted by Crippen LogP contribution is -2.53. The predicted molar refractivity (Wildman–Crippen MR) is 141 cm³/mol. The molecule has 6 atom stereocenters. The Bertz CT molecular complexity index is 1230. The summed E-state index contributed by atoms with van der Waals surface area (Å²) in [6.07, 6.45) is 3.53. The predicted octanol–water partition coefficient (Wildman–Crippen LogP) is 6.04. The molecule has 1 N–H and O–H groups in total.